The Morgan fingerprint density at radius 2 is 2.13 bits per heavy atom. The van der Waals surface area contributed by atoms with Crippen LogP contribution in [0.5, 0.6) is 0 Å². The summed E-state index contributed by atoms with van der Waals surface area (Å²) in [5.41, 5.74) is 0.103. The minimum absolute atomic E-state index is 0.137. The lowest BCUT2D eigenvalue weighted by molar-refractivity contribution is -0.122. The highest BCUT2D eigenvalue weighted by Crippen LogP contribution is 2.34. The van der Waals surface area contributed by atoms with Crippen LogP contribution in [-0.2, 0) is 10.3 Å². The fourth-order valence-electron chi connectivity index (χ4n) is 1.98. The summed E-state index contributed by atoms with van der Waals surface area (Å²) in [7, 11) is 1.77. The summed E-state index contributed by atoms with van der Waals surface area (Å²) in [6.45, 7) is 0. The standard InChI is InChI=1S/C12H12ClNO/c1-14-12(8-4-7-11(12)15)9-5-2-3-6-10(9)13/h2-6,8,14H,7H2,1H3/t12-/m0/s1. The van der Waals surface area contributed by atoms with E-state index in [-0.39, 0.29) is 5.78 Å². The van der Waals surface area contributed by atoms with Crippen molar-refractivity contribution in [3.63, 3.8) is 0 Å². The largest absolute Gasteiger partial charge is 0.301 e. The molecule has 0 heterocycles. The van der Waals surface area contributed by atoms with E-state index in [4.69, 9.17) is 11.6 Å². The summed E-state index contributed by atoms with van der Waals surface area (Å²) in [5, 5.41) is 3.68. The van der Waals surface area contributed by atoms with Crippen molar-refractivity contribution in [3.05, 3.63) is 47.0 Å². The van der Waals surface area contributed by atoms with Crippen molar-refractivity contribution in [2.75, 3.05) is 7.05 Å². The number of benzene rings is 1. The van der Waals surface area contributed by atoms with Gasteiger partial charge in [-0.15, -0.1) is 0 Å². The maximum absolute atomic E-state index is 11.9. The van der Waals surface area contributed by atoms with Crippen LogP contribution in [0, 0.1) is 0 Å². The van der Waals surface area contributed by atoms with Gasteiger partial charge in [-0.2, -0.15) is 0 Å². The van der Waals surface area contributed by atoms with Gasteiger partial charge in [0.15, 0.2) is 5.78 Å². The molecule has 1 aromatic rings. The fraction of sp³-hybridized carbons (Fsp3) is 0.250. The number of allylic oxidation sites excluding steroid dienone is 1. The van der Waals surface area contributed by atoms with Crippen molar-refractivity contribution in [3.8, 4) is 0 Å². The fourth-order valence-corrected chi connectivity index (χ4v) is 2.26. The summed E-state index contributed by atoms with van der Waals surface area (Å²) in [4.78, 5) is 11.9. The Balaban J connectivity index is 2.57. The lowest BCUT2D eigenvalue weighted by Crippen LogP contribution is -2.43. The third-order valence-electron chi connectivity index (χ3n) is 2.80. The molecule has 0 unspecified atom stereocenters. The van der Waals surface area contributed by atoms with Gasteiger partial charge in [0.25, 0.3) is 0 Å². The van der Waals surface area contributed by atoms with Crippen LogP contribution in [-0.4, -0.2) is 12.8 Å². The molecule has 0 aromatic heterocycles. The summed E-state index contributed by atoms with van der Waals surface area (Å²) in [6.07, 6.45) is 4.23. The predicted octanol–water partition coefficient (Wildman–Crippen LogP) is 2.28. The molecule has 3 heteroatoms. The Morgan fingerprint density at radius 1 is 1.40 bits per heavy atom. The number of halogens is 1. The zero-order valence-corrected chi connectivity index (χ0v) is 9.21. The van der Waals surface area contributed by atoms with E-state index in [9.17, 15) is 4.79 Å². The van der Waals surface area contributed by atoms with E-state index in [0.29, 0.717) is 11.4 Å². The maximum atomic E-state index is 11.9. The Hall–Kier alpha value is -1.12. The second kappa shape index (κ2) is 3.80. The Labute approximate surface area is 93.9 Å². The van der Waals surface area contributed by atoms with E-state index in [1.807, 2.05) is 30.4 Å². The highest BCUT2D eigenvalue weighted by Gasteiger charge is 2.39. The molecular formula is C12H12ClNO. The molecule has 1 atom stereocenters. The molecule has 1 aromatic carbocycles. The quantitative estimate of drug-likeness (QED) is 0.777. The van der Waals surface area contributed by atoms with Gasteiger partial charge >= 0.3 is 0 Å². The molecule has 0 aliphatic heterocycles. The molecule has 15 heavy (non-hydrogen) atoms. The smallest absolute Gasteiger partial charge is 0.165 e. The molecule has 2 rings (SSSR count). The van der Waals surface area contributed by atoms with Gasteiger partial charge in [-0.05, 0) is 13.1 Å². The van der Waals surface area contributed by atoms with Crippen molar-refractivity contribution in [1.29, 1.82) is 0 Å². The topological polar surface area (TPSA) is 29.1 Å². The minimum Gasteiger partial charge on any atom is -0.301 e. The number of likely N-dealkylation sites (N-methyl/N-ethyl adjacent to an activating group) is 1. The van der Waals surface area contributed by atoms with Crippen LogP contribution < -0.4 is 5.32 Å². The number of hydrogen-bond donors (Lipinski definition) is 1. The normalized spacial score (nSPS) is 24.8. The third-order valence-corrected chi connectivity index (χ3v) is 3.13. The Morgan fingerprint density at radius 3 is 2.67 bits per heavy atom. The Bertz CT molecular complexity index is 427. The molecule has 0 fully saturated rings. The summed E-state index contributed by atoms with van der Waals surface area (Å²) < 4.78 is 0. The lowest BCUT2D eigenvalue weighted by Gasteiger charge is -2.26. The van der Waals surface area contributed by atoms with Crippen LogP contribution >= 0.6 is 11.6 Å². The second-order valence-electron chi connectivity index (χ2n) is 3.57. The van der Waals surface area contributed by atoms with Crippen LogP contribution in [0.4, 0.5) is 0 Å². The number of ketones is 1. The number of carbonyl (C=O) groups is 1. The van der Waals surface area contributed by atoms with Crippen LogP contribution in [0.25, 0.3) is 0 Å². The number of nitrogens with one attached hydrogen (secondary N) is 1. The summed E-state index contributed by atoms with van der Waals surface area (Å²) in [5.74, 6) is 0.137. The van der Waals surface area contributed by atoms with Gasteiger partial charge in [-0.1, -0.05) is 42.0 Å². The molecule has 1 aliphatic rings. The first-order valence-electron chi connectivity index (χ1n) is 4.85. The second-order valence-corrected chi connectivity index (χ2v) is 3.97. The van der Waals surface area contributed by atoms with Gasteiger partial charge in [-0.25, -0.2) is 0 Å². The Kier molecular flexibility index (Phi) is 2.63. The molecule has 0 bridgehead atoms. The first-order valence-corrected chi connectivity index (χ1v) is 5.23. The molecule has 0 spiro atoms. The SMILES string of the molecule is CN[C@]1(c2ccccc2Cl)C=CCC1=O. The molecule has 0 saturated carbocycles. The summed E-state index contributed by atoms with van der Waals surface area (Å²) >= 11 is 6.11. The van der Waals surface area contributed by atoms with Gasteiger partial charge in [0.05, 0.1) is 0 Å². The first kappa shape index (κ1) is 10.4. The van der Waals surface area contributed by atoms with Gasteiger partial charge in [0.1, 0.15) is 5.54 Å². The van der Waals surface area contributed by atoms with E-state index < -0.39 is 5.54 Å². The molecule has 0 radical (unpaired) electrons. The van der Waals surface area contributed by atoms with Gasteiger partial charge in [-0.3, -0.25) is 4.79 Å². The van der Waals surface area contributed by atoms with Crippen molar-refractivity contribution in [2.24, 2.45) is 0 Å². The molecule has 0 saturated heterocycles. The number of Topliss-reactive ketones (excluding diaryl/α,β-unsaturated/α-hetero) is 1. The zero-order chi connectivity index (χ0) is 10.9. The number of hydrogen-bond acceptors (Lipinski definition) is 2. The third kappa shape index (κ3) is 1.50. The van der Waals surface area contributed by atoms with Gasteiger partial charge in [0.2, 0.25) is 0 Å². The maximum Gasteiger partial charge on any atom is 0.165 e. The number of carbonyl (C=O) groups excluding carboxylic acids is 1. The molecule has 78 valence electrons. The van der Waals surface area contributed by atoms with Crippen molar-refractivity contribution in [1.82, 2.24) is 5.32 Å². The monoisotopic (exact) mass is 221 g/mol. The van der Waals surface area contributed by atoms with Gasteiger partial charge in [0, 0.05) is 17.0 Å². The molecule has 0 amide bonds. The highest BCUT2D eigenvalue weighted by molar-refractivity contribution is 6.31. The molecule has 1 aliphatic carbocycles. The molecular weight excluding hydrogens is 210 g/mol. The van der Waals surface area contributed by atoms with Gasteiger partial charge < -0.3 is 5.32 Å². The van der Waals surface area contributed by atoms with E-state index in [2.05, 4.69) is 5.32 Å². The highest BCUT2D eigenvalue weighted by atomic mass is 35.5. The molecule has 1 N–H and O–H groups in total. The van der Waals surface area contributed by atoms with E-state index in [0.717, 1.165) is 5.56 Å². The minimum atomic E-state index is -0.724. The average Bonchev–Trinajstić information content (AvgIpc) is 2.61. The van der Waals surface area contributed by atoms with Crippen LogP contribution in [0.1, 0.15) is 12.0 Å². The van der Waals surface area contributed by atoms with E-state index in [1.54, 1.807) is 13.1 Å². The number of rotatable bonds is 2. The van der Waals surface area contributed by atoms with E-state index >= 15 is 0 Å². The van der Waals surface area contributed by atoms with Crippen LogP contribution in [0.2, 0.25) is 5.02 Å². The predicted molar refractivity (Wildman–Crippen MR) is 61.0 cm³/mol. The van der Waals surface area contributed by atoms with Crippen molar-refractivity contribution < 1.29 is 4.79 Å². The van der Waals surface area contributed by atoms with Crippen molar-refractivity contribution >= 4 is 17.4 Å². The first-order chi connectivity index (χ1) is 7.20. The molecule has 2 nitrogen and oxygen atoms in total. The van der Waals surface area contributed by atoms with Crippen LogP contribution in [0.3, 0.4) is 0 Å². The van der Waals surface area contributed by atoms with Crippen LogP contribution in [0.15, 0.2) is 36.4 Å². The average molecular weight is 222 g/mol. The van der Waals surface area contributed by atoms with E-state index in [1.165, 1.54) is 0 Å². The lowest BCUT2D eigenvalue weighted by atomic mass is 9.88. The van der Waals surface area contributed by atoms with Crippen molar-refractivity contribution in [2.45, 2.75) is 12.0 Å². The summed E-state index contributed by atoms with van der Waals surface area (Å²) in [6, 6.07) is 7.43. The zero-order valence-electron chi connectivity index (χ0n) is 8.46.